The van der Waals surface area contributed by atoms with Crippen LogP contribution in [0.1, 0.15) is 12.0 Å². The summed E-state index contributed by atoms with van der Waals surface area (Å²) in [6.45, 7) is 0.908. The van der Waals surface area contributed by atoms with Crippen LogP contribution in [0, 0.1) is 0 Å². The number of benzene rings is 1. The topological polar surface area (TPSA) is 70.8 Å². The maximum atomic E-state index is 11.1. The average Bonchev–Trinajstić information content (AvgIpc) is 2.38. The zero-order valence-electron chi connectivity index (χ0n) is 10.7. The molecule has 2 N–H and O–H groups in total. The molecule has 18 heavy (non-hydrogen) atoms. The van der Waals surface area contributed by atoms with Gasteiger partial charge in [0.2, 0.25) is 0 Å². The molecule has 5 nitrogen and oxygen atoms in total. The van der Waals surface area contributed by atoms with Crippen molar-refractivity contribution >= 4 is 5.97 Å². The number of rotatable bonds is 7. The lowest BCUT2D eigenvalue weighted by Crippen LogP contribution is -2.33. The molecule has 0 saturated carbocycles. The van der Waals surface area contributed by atoms with Crippen LogP contribution < -0.4 is 10.5 Å². The van der Waals surface area contributed by atoms with Gasteiger partial charge in [0.1, 0.15) is 11.8 Å². The lowest BCUT2D eigenvalue weighted by atomic mass is 10.2. The van der Waals surface area contributed by atoms with Crippen molar-refractivity contribution in [1.29, 1.82) is 0 Å². The van der Waals surface area contributed by atoms with Gasteiger partial charge in [-0.25, -0.2) is 0 Å². The standard InChI is InChI=1S/C13H19NO4/c1-16-9-10-4-3-5-11(8-10)18-7-6-12(14)13(15)17-2/h3-5,8,12H,6-7,9,14H2,1-2H3. The molecule has 0 fully saturated rings. The summed E-state index contributed by atoms with van der Waals surface area (Å²) in [5.41, 5.74) is 6.63. The first-order valence-corrected chi connectivity index (χ1v) is 5.71. The van der Waals surface area contributed by atoms with Crippen LogP contribution in [0.3, 0.4) is 0 Å². The van der Waals surface area contributed by atoms with Crippen LogP contribution in [-0.2, 0) is 20.9 Å². The summed E-state index contributed by atoms with van der Waals surface area (Å²) < 4.78 is 15.1. The minimum absolute atomic E-state index is 0.368. The van der Waals surface area contributed by atoms with E-state index in [2.05, 4.69) is 4.74 Å². The molecule has 0 aliphatic heterocycles. The predicted octanol–water partition coefficient (Wildman–Crippen LogP) is 1.10. The second-order valence-corrected chi connectivity index (χ2v) is 3.85. The van der Waals surface area contributed by atoms with E-state index in [0.717, 1.165) is 11.3 Å². The molecule has 0 aromatic heterocycles. The molecule has 1 atom stereocenters. The maximum Gasteiger partial charge on any atom is 0.322 e. The number of carbonyl (C=O) groups is 1. The first-order chi connectivity index (χ1) is 8.67. The normalized spacial score (nSPS) is 11.9. The van der Waals surface area contributed by atoms with E-state index in [1.165, 1.54) is 7.11 Å². The fraction of sp³-hybridized carbons (Fsp3) is 0.462. The number of hydrogen-bond acceptors (Lipinski definition) is 5. The van der Waals surface area contributed by atoms with Crippen LogP contribution >= 0.6 is 0 Å². The molecule has 1 aromatic carbocycles. The van der Waals surface area contributed by atoms with E-state index in [9.17, 15) is 4.79 Å². The van der Waals surface area contributed by atoms with Crippen LogP contribution in [0.4, 0.5) is 0 Å². The Morgan fingerprint density at radius 2 is 2.17 bits per heavy atom. The average molecular weight is 253 g/mol. The zero-order valence-corrected chi connectivity index (χ0v) is 10.7. The highest BCUT2D eigenvalue weighted by Crippen LogP contribution is 2.14. The lowest BCUT2D eigenvalue weighted by molar-refractivity contribution is -0.142. The fourth-order valence-corrected chi connectivity index (χ4v) is 1.46. The summed E-state index contributed by atoms with van der Waals surface area (Å²) in [4.78, 5) is 11.1. The van der Waals surface area contributed by atoms with Crippen molar-refractivity contribution < 1.29 is 19.0 Å². The monoisotopic (exact) mass is 253 g/mol. The van der Waals surface area contributed by atoms with E-state index in [-0.39, 0.29) is 0 Å². The van der Waals surface area contributed by atoms with E-state index in [0.29, 0.717) is 19.6 Å². The van der Waals surface area contributed by atoms with Crippen molar-refractivity contribution in [2.75, 3.05) is 20.8 Å². The lowest BCUT2D eigenvalue weighted by Gasteiger charge is -2.11. The number of nitrogens with two attached hydrogens (primary N) is 1. The van der Waals surface area contributed by atoms with E-state index in [1.54, 1.807) is 7.11 Å². The van der Waals surface area contributed by atoms with Crippen molar-refractivity contribution in [3.05, 3.63) is 29.8 Å². The smallest absolute Gasteiger partial charge is 0.322 e. The van der Waals surface area contributed by atoms with Gasteiger partial charge in [-0.2, -0.15) is 0 Å². The summed E-state index contributed by atoms with van der Waals surface area (Å²) in [6, 6.07) is 6.95. The second-order valence-electron chi connectivity index (χ2n) is 3.85. The van der Waals surface area contributed by atoms with Crippen LogP contribution in [0.25, 0.3) is 0 Å². The Hall–Kier alpha value is -1.59. The van der Waals surface area contributed by atoms with Crippen molar-refractivity contribution in [3.63, 3.8) is 0 Å². The number of methoxy groups -OCH3 is 2. The van der Waals surface area contributed by atoms with Crippen LogP contribution in [0.2, 0.25) is 0 Å². The molecular weight excluding hydrogens is 234 g/mol. The molecule has 0 aliphatic carbocycles. The number of ether oxygens (including phenoxy) is 3. The molecule has 100 valence electrons. The van der Waals surface area contributed by atoms with Gasteiger partial charge in [0.05, 0.1) is 20.3 Å². The molecule has 0 aliphatic rings. The summed E-state index contributed by atoms with van der Waals surface area (Å²) in [7, 11) is 2.96. The van der Waals surface area contributed by atoms with Gasteiger partial charge in [0, 0.05) is 13.5 Å². The van der Waals surface area contributed by atoms with Gasteiger partial charge in [-0.05, 0) is 17.7 Å². The Bertz CT molecular complexity index is 381. The molecule has 0 bridgehead atoms. The van der Waals surface area contributed by atoms with Gasteiger partial charge >= 0.3 is 5.97 Å². The number of carbonyl (C=O) groups excluding carboxylic acids is 1. The molecule has 0 heterocycles. The highest BCUT2D eigenvalue weighted by Gasteiger charge is 2.13. The molecule has 0 spiro atoms. The number of hydrogen-bond donors (Lipinski definition) is 1. The molecule has 0 saturated heterocycles. The number of esters is 1. The van der Waals surface area contributed by atoms with Crippen molar-refractivity contribution in [2.45, 2.75) is 19.1 Å². The van der Waals surface area contributed by atoms with E-state index in [1.807, 2.05) is 24.3 Å². The molecule has 0 radical (unpaired) electrons. The van der Waals surface area contributed by atoms with Crippen LogP contribution in [-0.4, -0.2) is 32.8 Å². The maximum absolute atomic E-state index is 11.1. The molecule has 1 rings (SSSR count). The van der Waals surface area contributed by atoms with Gasteiger partial charge in [0.15, 0.2) is 0 Å². The van der Waals surface area contributed by atoms with Crippen molar-refractivity contribution in [2.24, 2.45) is 5.73 Å². The molecule has 0 amide bonds. The largest absolute Gasteiger partial charge is 0.494 e. The van der Waals surface area contributed by atoms with E-state index >= 15 is 0 Å². The second kappa shape index (κ2) is 7.68. The molecular formula is C13H19NO4. The molecule has 5 heteroatoms. The zero-order chi connectivity index (χ0) is 13.4. The first-order valence-electron chi connectivity index (χ1n) is 5.71. The van der Waals surface area contributed by atoms with Crippen LogP contribution in [0.5, 0.6) is 5.75 Å². The Kier molecular flexibility index (Phi) is 6.18. The highest BCUT2D eigenvalue weighted by atomic mass is 16.5. The third kappa shape index (κ3) is 4.73. The highest BCUT2D eigenvalue weighted by molar-refractivity contribution is 5.75. The van der Waals surface area contributed by atoms with Gasteiger partial charge < -0.3 is 19.9 Å². The van der Waals surface area contributed by atoms with Gasteiger partial charge in [-0.15, -0.1) is 0 Å². The summed E-state index contributed by atoms with van der Waals surface area (Å²) in [5.74, 6) is 0.313. The molecule has 1 aromatic rings. The Labute approximate surface area is 107 Å². The first kappa shape index (κ1) is 14.5. The Balaban J connectivity index is 2.39. The Morgan fingerprint density at radius 1 is 1.39 bits per heavy atom. The summed E-state index contributed by atoms with van der Waals surface area (Å²) >= 11 is 0. The van der Waals surface area contributed by atoms with Crippen molar-refractivity contribution in [3.8, 4) is 5.75 Å². The quantitative estimate of drug-likeness (QED) is 0.737. The SMILES string of the molecule is COCc1cccc(OCCC(N)C(=O)OC)c1. The summed E-state index contributed by atoms with van der Waals surface area (Å²) in [5, 5.41) is 0. The minimum Gasteiger partial charge on any atom is -0.494 e. The third-order valence-electron chi connectivity index (χ3n) is 2.41. The molecule has 1 unspecified atom stereocenters. The van der Waals surface area contributed by atoms with Gasteiger partial charge in [0.25, 0.3) is 0 Å². The fourth-order valence-electron chi connectivity index (χ4n) is 1.46. The Morgan fingerprint density at radius 3 is 2.83 bits per heavy atom. The van der Waals surface area contributed by atoms with Gasteiger partial charge in [-0.1, -0.05) is 12.1 Å². The van der Waals surface area contributed by atoms with Crippen molar-refractivity contribution in [1.82, 2.24) is 0 Å². The van der Waals surface area contributed by atoms with E-state index in [4.69, 9.17) is 15.2 Å². The van der Waals surface area contributed by atoms with E-state index < -0.39 is 12.0 Å². The van der Waals surface area contributed by atoms with Gasteiger partial charge in [-0.3, -0.25) is 4.79 Å². The predicted molar refractivity (Wildman–Crippen MR) is 67.3 cm³/mol. The van der Waals surface area contributed by atoms with Crippen LogP contribution in [0.15, 0.2) is 24.3 Å². The third-order valence-corrected chi connectivity index (χ3v) is 2.41. The minimum atomic E-state index is -0.642. The summed E-state index contributed by atoms with van der Waals surface area (Å²) in [6.07, 6.45) is 0.418.